The van der Waals surface area contributed by atoms with E-state index in [2.05, 4.69) is 29.3 Å². The zero-order chi connectivity index (χ0) is 18.4. The minimum atomic E-state index is -0.0860. The molecule has 3 rings (SSSR count). The maximum absolute atomic E-state index is 12.5. The van der Waals surface area contributed by atoms with E-state index in [0.29, 0.717) is 25.9 Å². The van der Waals surface area contributed by atoms with Crippen LogP contribution in [0.3, 0.4) is 0 Å². The SMILES string of the molecule is Cc1ccc(CNC(=O)[C@H]2CCC(=O)N(CCCN3CCOCC3)C2)s1. The first kappa shape index (κ1) is 19.3. The zero-order valence-electron chi connectivity index (χ0n) is 15.5. The summed E-state index contributed by atoms with van der Waals surface area (Å²) in [5, 5.41) is 3.04. The summed E-state index contributed by atoms with van der Waals surface area (Å²) in [6, 6.07) is 4.13. The molecule has 0 saturated carbocycles. The number of morpholine rings is 1. The van der Waals surface area contributed by atoms with E-state index >= 15 is 0 Å². The molecule has 26 heavy (non-hydrogen) atoms. The van der Waals surface area contributed by atoms with E-state index in [4.69, 9.17) is 4.74 Å². The Bertz CT molecular complexity index is 613. The molecule has 1 N–H and O–H groups in total. The van der Waals surface area contributed by atoms with Gasteiger partial charge in [-0.25, -0.2) is 0 Å². The number of nitrogens with zero attached hydrogens (tertiary/aromatic N) is 2. The summed E-state index contributed by atoms with van der Waals surface area (Å²) < 4.78 is 5.36. The van der Waals surface area contributed by atoms with Crippen LogP contribution in [0.4, 0.5) is 0 Å². The van der Waals surface area contributed by atoms with Gasteiger partial charge in [-0.05, 0) is 31.9 Å². The molecule has 0 unspecified atom stereocenters. The number of hydrogen-bond donors (Lipinski definition) is 1. The van der Waals surface area contributed by atoms with Crippen LogP contribution in [0.15, 0.2) is 12.1 Å². The molecule has 1 aromatic rings. The molecule has 0 spiro atoms. The van der Waals surface area contributed by atoms with Crippen molar-refractivity contribution in [2.45, 2.75) is 32.7 Å². The Labute approximate surface area is 159 Å². The smallest absolute Gasteiger partial charge is 0.225 e. The average Bonchev–Trinajstić information content (AvgIpc) is 3.07. The zero-order valence-corrected chi connectivity index (χ0v) is 16.4. The molecule has 0 bridgehead atoms. The molecule has 3 heterocycles. The molecule has 2 saturated heterocycles. The van der Waals surface area contributed by atoms with Crippen LogP contribution in [0.2, 0.25) is 0 Å². The lowest BCUT2D eigenvalue weighted by molar-refractivity contribution is -0.138. The fraction of sp³-hybridized carbons (Fsp3) is 0.684. The Hall–Kier alpha value is -1.44. The summed E-state index contributed by atoms with van der Waals surface area (Å²) in [6.45, 7) is 8.48. The molecule has 2 amide bonds. The maximum Gasteiger partial charge on any atom is 0.225 e. The quantitative estimate of drug-likeness (QED) is 0.782. The van der Waals surface area contributed by atoms with Crippen LogP contribution in [0.1, 0.15) is 29.0 Å². The van der Waals surface area contributed by atoms with Gasteiger partial charge in [-0.3, -0.25) is 14.5 Å². The molecule has 0 aromatic carbocycles. The average molecular weight is 380 g/mol. The number of ether oxygens (including phenoxy) is 1. The first-order valence-corrected chi connectivity index (χ1v) is 10.3. The van der Waals surface area contributed by atoms with Gasteiger partial charge in [0.15, 0.2) is 0 Å². The Balaban J connectivity index is 1.41. The highest BCUT2D eigenvalue weighted by atomic mass is 32.1. The fourth-order valence-corrected chi connectivity index (χ4v) is 4.38. The molecule has 2 aliphatic rings. The van der Waals surface area contributed by atoms with Crippen molar-refractivity contribution >= 4 is 23.2 Å². The number of aryl methyl sites for hydroxylation is 1. The predicted molar refractivity (Wildman–Crippen MR) is 102 cm³/mol. The van der Waals surface area contributed by atoms with E-state index < -0.39 is 0 Å². The lowest BCUT2D eigenvalue weighted by atomic mass is 9.96. The summed E-state index contributed by atoms with van der Waals surface area (Å²) in [5.74, 6) is 0.170. The first-order valence-electron chi connectivity index (χ1n) is 9.53. The van der Waals surface area contributed by atoms with Crippen molar-refractivity contribution in [3.63, 3.8) is 0 Å². The number of nitrogens with one attached hydrogen (secondary N) is 1. The topological polar surface area (TPSA) is 61.9 Å². The molecule has 1 aromatic heterocycles. The number of amides is 2. The van der Waals surface area contributed by atoms with Crippen LogP contribution in [0.25, 0.3) is 0 Å². The minimum absolute atomic E-state index is 0.0710. The Morgan fingerprint density at radius 1 is 1.31 bits per heavy atom. The first-order chi connectivity index (χ1) is 12.6. The van der Waals surface area contributed by atoms with Crippen LogP contribution < -0.4 is 5.32 Å². The van der Waals surface area contributed by atoms with Crippen molar-refractivity contribution < 1.29 is 14.3 Å². The third kappa shape index (κ3) is 5.53. The Morgan fingerprint density at radius 2 is 2.12 bits per heavy atom. The molecule has 0 radical (unpaired) electrons. The van der Waals surface area contributed by atoms with Crippen molar-refractivity contribution in [2.75, 3.05) is 45.9 Å². The maximum atomic E-state index is 12.5. The number of thiophene rings is 1. The van der Waals surface area contributed by atoms with E-state index in [0.717, 1.165) is 45.8 Å². The highest BCUT2D eigenvalue weighted by Gasteiger charge is 2.29. The molecule has 2 aliphatic heterocycles. The van der Waals surface area contributed by atoms with Crippen molar-refractivity contribution in [1.82, 2.24) is 15.1 Å². The van der Waals surface area contributed by atoms with Crippen molar-refractivity contribution in [1.29, 1.82) is 0 Å². The normalized spacial score (nSPS) is 21.8. The van der Waals surface area contributed by atoms with Crippen molar-refractivity contribution in [2.24, 2.45) is 5.92 Å². The van der Waals surface area contributed by atoms with Gasteiger partial charge >= 0.3 is 0 Å². The molecule has 6 nitrogen and oxygen atoms in total. The molecule has 1 atom stereocenters. The van der Waals surface area contributed by atoms with Gasteiger partial charge in [-0.15, -0.1) is 11.3 Å². The number of hydrogen-bond acceptors (Lipinski definition) is 5. The number of carbonyl (C=O) groups excluding carboxylic acids is 2. The third-order valence-corrected chi connectivity index (χ3v) is 6.11. The Morgan fingerprint density at radius 3 is 2.85 bits per heavy atom. The Kier molecular flexibility index (Phi) is 7.05. The van der Waals surface area contributed by atoms with Crippen LogP contribution in [-0.2, 0) is 20.9 Å². The molecule has 2 fully saturated rings. The van der Waals surface area contributed by atoms with Crippen LogP contribution >= 0.6 is 11.3 Å². The minimum Gasteiger partial charge on any atom is -0.379 e. The largest absolute Gasteiger partial charge is 0.379 e. The summed E-state index contributed by atoms with van der Waals surface area (Å²) in [7, 11) is 0. The third-order valence-electron chi connectivity index (χ3n) is 5.11. The van der Waals surface area contributed by atoms with Gasteiger partial charge in [-0.2, -0.15) is 0 Å². The fourth-order valence-electron chi connectivity index (χ4n) is 3.55. The monoisotopic (exact) mass is 379 g/mol. The molecular formula is C19H29N3O3S. The summed E-state index contributed by atoms with van der Waals surface area (Å²) in [5.41, 5.74) is 0. The van der Waals surface area contributed by atoms with Gasteiger partial charge in [0.05, 0.1) is 25.7 Å². The van der Waals surface area contributed by atoms with E-state index in [1.165, 1.54) is 9.75 Å². The van der Waals surface area contributed by atoms with Gasteiger partial charge < -0.3 is 15.0 Å². The molecule has 0 aliphatic carbocycles. The molecular weight excluding hydrogens is 350 g/mol. The van der Waals surface area contributed by atoms with Gasteiger partial charge in [0.2, 0.25) is 11.8 Å². The van der Waals surface area contributed by atoms with E-state index in [9.17, 15) is 9.59 Å². The van der Waals surface area contributed by atoms with E-state index in [-0.39, 0.29) is 17.7 Å². The van der Waals surface area contributed by atoms with E-state index in [1.807, 2.05) is 4.90 Å². The number of likely N-dealkylation sites (tertiary alicyclic amines) is 1. The van der Waals surface area contributed by atoms with Gasteiger partial charge in [-0.1, -0.05) is 0 Å². The van der Waals surface area contributed by atoms with Crippen LogP contribution in [0, 0.1) is 12.8 Å². The van der Waals surface area contributed by atoms with Crippen LogP contribution in [-0.4, -0.2) is 67.6 Å². The van der Waals surface area contributed by atoms with Gasteiger partial charge in [0.1, 0.15) is 0 Å². The predicted octanol–water partition coefficient (Wildman–Crippen LogP) is 1.63. The lowest BCUT2D eigenvalue weighted by Crippen LogP contribution is -2.46. The van der Waals surface area contributed by atoms with Crippen molar-refractivity contribution in [3.05, 3.63) is 21.9 Å². The molecule has 7 heteroatoms. The van der Waals surface area contributed by atoms with Crippen molar-refractivity contribution in [3.8, 4) is 0 Å². The second-order valence-electron chi connectivity index (χ2n) is 7.11. The van der Waals surface area contributed by atoms with Gasteiger partial charge in [0, 0.05) is 48.9 Å². The highest BCUT2D eigenvalue weighted by Crippen LogP contribution is 2.19. The second-order valence-corrected chi connectivity index (χ2v) is 8.49. The number of piperidine rings is 1. The van der Waals surface area contributed by atoms with E-state index in [1.54, 1.807) is 11.3 Å². The standard InChI is InChI=1S/C19H29N3O3S/c1-15-3-5-17(26-15)13-20-19(24)16-4-6-18(23)22(14-16)8-2-7-21-9-11-25-12-10-21/h3,5,16H,2,4,6-14H2,1H3,(H,20,24)/t16-/m0/s1. The summed E-state index contributed by atoms with van der Waals surface area (Å²) in [6.07, 6.45) is 2.09. The summed E-state index contributed by atoms with van der Waals surface area (Å²) >= 11 is 1.71. The highest BCUT2D eigenvalue weighted by molar-refractivity contribution is 7.11. The van der Waals surface area contributed by atoms with Crippen LogP contribution in [0.5, 0.6) is 0 Å². The van der Waals surface area contributed by atoms with Gasteiger partial charge in [0.25, 0.3) is 0 Å². The lowest BCUT2D eigenvalue weighted by Gasteiger charge is -2.33. The second kappa shape index (κ2) is 9.48. The summed E-state index contributed by atoms with van der Waals surface area (Å²) in [4.78, 5) is 31.4. The number of rotatable bonds is 7. The number of carbonyl (C=O) groups is 2. The molecule has 144 valence electrons.